The summed E-state index contributed by atoms with van der Waals surface area (Å²) in [6.07, 6.45) is 0.0562. The highest BCUT2D eigenvalue weighted by Gasteiger charge is 2.24. The van der Waals surface area contributed by atoms with E-state index in [1.165, 1.54) is 11.1 Å². The van der Waals surface area contributed by atoms with Gasteiger partial charge in [-0.25, -0.2) is 0 Å². The van der Waals surface area contributed by atoms with Crippen LogP contribution in [0.2, 0.25) is 0 Å². The van der Waals surface area contributed by atoms with Crippen molar-refractivity contribution in [3.8, 4) is 0 Å². The Hall–Kier alpha value is -1.16. The first-order chi connectivity index (χ1) is 9.36. The van der Waals surface area contributed by atoms with Gasteiger partial charge >= 0.3 is 0 Å². The third-order valence-corrected chi connectivity index (χ3v) is 3.80. The molecule has 0 bridgehead atoms. The van der Waals surface area contributed by atoms with Crippen LogP contribution in [0, 0.1) is 0 Å². The van der Waals surface area contributed by atoms with Crippen molar-refractivity contribution in [2.75, 3.05) is 13.2 Å². The molecule has 0 fully saturated rings. The standard InChI is InChI=1S/C16H21NOS/c1-3-17-15(14-10-11-19-12-14)16(18-4-2)13-8-6-5-7-9-13/h5-12,15-17H,3-4H2,1-2H3. The molecule has 0 aliphatic carbocycles. The van der Waals surface area contributed by atoms with Gasteiger partial charge in [-0.05, 0) is 41.4 Å². The number of benzene rings is 1. The van der Waals surface area contributed by atoms with Gasteiger partial charge in [0.2, 0.25) is 0 Å². The van der Waals surface area contributed by atoms with Crippen LogP contribution >= 0.6 is 11.3 Å². The molecule has 0 radical (unpaired) electrons. The number of nitrogens with one attached hydrogen (secondary N) is 1. The quantitative estimate of drug-likeness (QED) is 0.818. The van der Waals surface area contributed by atoms with Gasteiger partial charge < -0.3 is 10.1 Å². The third-order valence-electron chi connectivity index (χ3n) is 3.10. The number of ether oxygens (including phenoxy) is 1. The molecule has 0 amide bonds. The average Bonchev–Trinajstić information content (AvgIpc) is 2.97. The van der Waals surface area contributed by atoms with E-state index in [2.05, 4.69) is 53.3 Å². The van der Waals surface area contributed by atoms with Crippen molar-refractivity contribution in [1.29, 1.82) is 0 Å². The number of hydrogen-bond acceptors (Lipinski definition) is 3. The molecule has 0 aliphatic heterocycles. The minimum absolute atomic E-state index is 0.0562. The fourth-order valence-electron chi connectivity index (χ4n) is 2.28. The van der Waals surface area contributed by atoms with Crippen LogP contribution in [0.1, 0.15) is 37.1 Å². The van der Waals surface area contributed by atoms with Crippen molar-refractivity contribution < 1.29 is 4.74 Å². The molecule has 1 heterocycles. The summed E-state index contributed by atoms with van der Waals surface area (Å²) in [7, 11) is 0. The number of hydrogen-bond donors (Lipinski definition) is 1. The lowest BCUT2D eigenvalue weighted by molar-refractivity contribution is 0.0332. The molecule has 0 saturated heterocycles. The highest BCUT2D eigenvalue weighted by atomic mass is 32.1. The van der Waals surface area contributed by atoms with Gasteiger partial charge in [-0.2, -0.15) is 11.3 Å². The minimum Gasteiger partial charge on any atom is -0.372 e. The smallest absolute Gasteiger partial charge is 0.102 e. The molecule has 3 heteroatoms. The second-order valence-electron chi connectivity index (χ2n) is 4.38. The van der Waals surface area contributed by atoms with E-state index in [1.54, 1.807) is 11.3 Å². The van der Waals surface area contributed by atoms with Crippen LogP contribution in [0.25, 0.3) is 0 Å². The van der Waals surface area contributed by atoms with E-state index in [9.17, 15) is 0 Å². The van der Waals surface area contributed by atoms with Gasteiger partial charge in [-0.15, -0.1) is 0 Å². The topological polar surface area (TPSA) is 21.3 Å². The van der Waals surface area contributed by atoms with Crippen molar-refractivity contribution in [1.82, 2.24) is 5.32 Å². The molecule has 2 atom stereocenters. The summed E-state index contributed by atoms with van der Waals surface area (Å²) in [4.78, 5) is 0. The van der Waals surface area contributed by atoms with Gasteiger partial charge in [-0.3, -0.25) is 0 Å². The van der Waals surface area contributed by atoms with Crippen molar-refractivity contribution in [3.05, 3.63) is 58.3 Å². The molecular weight excluding hydrogens is 254 g/mol. The van der Waals surface area contributed by atoms with E-state index >= 15 is 0 Å². The first kappa shape index (κ1) is 14.3. The van der Waals surface area contributed by atoms with E-state index in [0.29, 0.717) is 6.61 Å². The fraction of sp³-hybridized carbons (Fsp3) is 0.375. The van der Waals surface area contributed by atoms with Crippen LogP contribution < -0.4 is 5.32 Å². The number of likely N-dealkylation sites (N-methyl/N-ethyl adjacent to an activating group) is 1. The predicted molar refractivity (Wildman–Crippen MR) is 81.5 cm³/mol. The Kier molecular flexibility index (Phi) is 5.58. The van der Waals surface area contributed by atoms with E-state index in [-0.39, 0.29) is 12.1 Å². The Bertz CT molecular complexity index is 455. The van der Waals surface area contributed by atoms with Gasteiger partial charge in [0.15, 0.2) is 0 Å². The molecule has 2 unspecified atom stereocenters. The van der Waals surface area contributed by atoms with Gasteiger partial charge in [0.1, 0.15) is 6.10 Å². The summed E-state index contributed by atoms with van der Waals surface area (Å²) < 4.78 is 6.01. The number of rotatable bonds is 7. The Balaban J connectivity index is 2.29. The SMILES string of the molecule is CCNC(c1ccsc1)C(OCC)c1ccccc1. The molecule has 1 aromatic carbocycles. The fourth-order valence-corrected chi connectivity index (χ4v) is 2.98. The molecule has 19 heavy (non-hydrogen) atoms. The van der Waals surface area contributed by atoms with E-state index in [1.807, 2.05) is 13.0 Å². The highest BCUT2D eigenvalue weighted by Crippen LogP contribution is 2.33. The van der Waals surface area contributed by atoms with Gasteiger partial charge in [-0.1, -0.05) is 37.3 Å². The van der Waals surface area contributed by atoms with Crippen LogP contribution in [-0.4, -0.2) is 13.2 Å². The zero-order chi connectivity index (χ0) is 13.5. The van der Waals surface area contributed by atoms with Gasteiger partial charge in [0.05, 0.1) is 6.04 Å². The summed E-state index contributed by atoms with van der Waals surface area (Å²) in [5, 5.41) is 7.87. The summed E-state index contributed by atoms with van der Waals surface area (Å²) in [5.74, 6) is 0. The van der Waals surface area contributed by atoms with Crippen molar-refractivity contribution >= 4 is 11.3 Å². The molecule has 1 aromatic heterocycles. The van der Waals surface area contributed by atoms with E-state index < -0.39 is 0 Å². The highest BCUT2D eigenvalue weighted by molar-refractivity contribution is 7.07. The zero-order valence-corrected chi connectivity index (χ0v) is 12.3. The normalized spacial score (nSPS) is 14.2. The molecule has 2 aromatic rings. The summed E-state index contributed by atoms with van der Waals surface area (Å²) in [5.41, 5.74) is 2.52. The first-order valence-corrected chi connectivity index (χ1v) is 7.73. The van der Waals surface area contributed by atoms with Crippen LogP contribution in [0.5, 0.6) is 0 Å². The van der Waals surface area contributed by atoms with Crippen LogP contribution in [0.3, 0.4) is 0 Å². The second-order valence-corrected chi connectivity index (χ2v) is 5.16. The molecule has 2 rings (SSSR count). The Morgan fingerprint density at radius 1 is 1.11 bits per heavy atom. The van der Waals surface area contributed by atoms with E-state index in [4.69, 9.17) is 4.74 Å². The molecule has 0 spiro atoms. The average molecular weight is 275 g/mol. The maximum absolute atomic E-state index is 6.01. The summed E-state index contributed by atoms with van der Waals surface area (Å²) >= 11 is 1.73. The monoisotopic (exact) mass is 275 g/mol. The zero-order valence-electron chi connectivity index (χ0n) is 11.5. The third kappa shape index (κ3) is 3.66. The van der Waals surface area contributed by atoms with Gasteiger partial charge in [0, 0.05) is 6.61 Å². The maximum Gasteiger partial charge on any atom is 0.102 e. The van der Waals surface area contributed by atoms with Crippen LogP contribution in [-0.2, 0) is 4.74 Å². The van der Waals surface area contributed by atoms with Crippen LogP contribution in [0.15, 0.2) is 47.2 Å². The van der Waals surface area contributed by atoms with Crippen molar-refractivity contribution in [2.45, 2.75) is 26.0 Å². The van der Waals surface area contributed by atoms with Crippen molar-refractivity contribution in [3.63, 3.8) is 0 Å². The Labute approximate surface area is 119 Å². The maximum atomic E-state index is 6.01. The first-order valence-electron chi connectivity index (χ1n) is 6.78. The minimum atomic E-state index is 0.0562. The van der Waals surface area contributed by atoms with Gasteiger partial charge in [0.25, 0.3) is 0 Å². The Morgan fingerprint density at radius 2 is 1.89 bits per heavy atom. The van der Waals surface area contributed by atoms with Crippen molar-refractivity contribution in [2.24, 2.45) is 0 Å². The molecule has 2 nitrogen and oxygen atoms in total. The molecular formula is C16H21NOS. The van der Waals surface area contributed by atoms with Crippen LogP contribution in [0.4, 0.5) is 0 Å². The summed E-state index contributed by atoms with van der Waals surface area (Å²) in [6.45, 7) is 5.82. The lowest BCUT2D eigenvalue weighted by atomic mass is 9.97. The number of thiophene rings is 1. The molecule has 0 aliphatic rings. The molecule has 102 valence electrons. The second kappa shape index (κ2) is 7.43. The lowest BCUT2D eigenvalue weighted by Crippen LogP contribution is -2.28. The largest absolute Gasteiger partial charge is 0.372 e. The predicted octanol–water partition coefficient (Wildman–Crippen LogP) is 4.18. The lowest BCUT2D eigenvalue weighted by Gasteiger charge is -2.27. The Morgan fingerprint density at radius 3 is 2.47 bits per heavy atom. The summed E-state index contributed by atoms with van der Waals surface area (Å²) in [6, 6.07) is 12.8. The molecule has 1 N–H and O–H groups in total. The molecule has 0 saturated carbocycles. The van der Waals surface area contributed by atoms with E-state index in [0.717, 1.165) is 6.54 Å².